The molecule has 0 bridgehead atoms. The third-order valence-electron chi connectivity index (χ3n) is 10.5. The summed E-state index contributed by atoms with van der Waals surface area (Å²) >= 11 is 0. The monoisotopic (exact) mass is 665 g/mol. The third-order valence-corrected chi connectivity index (χ3v) is 10.5. The van der Waals surface area contributed by atoms with Crippen LogP contribution in [-0.4, -0.2) is 9.55 Å². The van der Waals surface area contributed by atoms with Crippen LogP contribution in [0.3, 0.4) is 0 Å². The predicted molar refractivity (Wildman–Crippen MR) is 217 cm³/mol. The lowest BCUT2D eigenvalue weighted by atomic mass is 9.92. The van der Waals surface area contributed by atoms with E-state index in [-0.39, 0.29) is 0 Å². The second-order valence-corrected chi connectivity index (χ2v) is 13.6. The van der Waals surface area contributed by atoms with Crippen molar-refractivity contribution in [3.8, 4) is 50.5 Å². The second kappa shape index (κ2) is 12.6. The number of anilines is 1. The Balaban J connectivity index is 1.16. The van der Waals surface area contributed by atoms with Gasteiger partial charge in [0, 0.05) is 46.4 Å². The molecule has 1 aliphatic rings. The van der Waals surface area contributed by atoms with Gasteiger partial charge in [0.2, 0.25) is 0 Å². The Morgan fingerprint density at radius 2 is 0.923 bits per heavy atom. The van der Waals surface area contributed by atoms with E-state index in [2.05, 4.69) is 198 Å². The molecule has 246 valence electrons. The highest BCUT2D eigenvalue weighted by Crippen LogP contribution is 2.40. The fourth-order valence-corrected chi connectivity index (χ4v) is 7.96. The van der Waals surface area contributed by atoms with Crippen molar-refractivity contribution in [1.82, 2.24) is 9.55 Å². The molecule has 0 fully saturated rings. The van der Waals surface area contributed by atoms with Gasteiger partial charge in [-0.3, -0.25) is 0 Å². The van der Waals surface area contributed by atoms with Crippen molar-refractivity contribution in [3.05, 3.63) is 199 Å². The number of rotatable bonds is 5. The highest BCUT2D eigenvalue weighted by Gasteiger charge is 2.22. The SMILES string of the molecule is c1ccc(-c2cc(-c3ccc4c(c3)CN(c3ccccc3)Cc3ccc(-n5c6ccccc6c6ccccc65)cc3-4)cc(-c3ccccc3)n2)cc1. The summed E-state index contributed by atoms with van der Waals surface area (Å²) < 4.78 is 2.42. The summed E-state index contributed by atoms with van der Waals surface area (Å²) in [4.78, 5) is 7.66. The Kier molecular flexibility index (Phi) is 7.28. The molecule has 3 nitrogen and oxygen atoms in total. The van der Waals surface area contributed by atoms with E-state index >= 15 is 0 Å². The molecule has 0 unspecified atom stereocenters. The van der Waals surface area contributed by atoms with Gasteiger partial charge in [-0.25, -0.2) is 4.98 Å². The highest BCUT2D eigenvalue weighted by atomic mass is 15.1. The molecular weight excluding hydrogens is 631 g/mol. The molecule has 7 aromatic carbocycles. The van der Waals surface area contributed by atoms with Gasteiger partial charge in [-0.15, -0.1) is 0 Å². The molecule has 0 radical (unpaired) electrons. The van der Waals surface area contributed by atoms with Crippen molar-refractivity contribution in [2.24, 2.45) is 0 Å². The van der Waals surface area contributed by atoms with Crippen LogP contribution >= 0.6 is 0 Å². The minimum absolute atomic E-state index is 0.800. The van der Waals surface area contributed by atoms with Crippen LogP contribution in [0.5, 0.6) is 0 Å². The molecule has 0 atom stereocenters. The minimum Gasteiger partial charge on any atom is -0.363 e. The summed E-state index contributed by atoms with van der Waals surface area (Å²) in [7, 11) is 0. The zero-order valence-corrected chi connectivity index (χ0v) is 28.7. The third kappa shape index (κ3) is 5.26. The first-order valence-electron chi connectivity index (χ1n) is 17.9. The fraction of sp³-hybridized carbons (Fsp3) is 0.0408. The number of para-hydroxylation sites is 3. The van der Waals surface area contributed by atoms with Gasteiger partial charge >= 0.3 is 0 Å². The Hall–Kier alpha value is -6.71. The lowest BCUT2D eigenvalue weighted by Crippen LogP contribution is -2.20. The van der Waals surface area contributed by atoms with Gasteiger partial charge in [-0.2, -0.15) is 0 Å². The van der Waals surface area contributed by atoms with Crippen molar-refractivity contribution in [1.29, 1.82) is 0 Å². The summed E-state index contributed by atoms with van der Waals surface area (Å²) in [6, 6.07) is 67.9. The minimum atomic E-state index is 0.800. The Bertz CT molecular complexity index is 2620. The molecule has 2 aromatic heterocycles. The van der Waals surface area contributed by atoms with E-state index in [1.807, 2.05) is 0 Å². The molecule has 3 heteroatoms. The number of benzene rings is 7. The van der Waals surface area contributed by atoms with Crippen LogP contribution in [0.15, 0.2) is 188 Å². The number of nitrogens with zero attached hydrogens (tertiary/aromatic N) is 3. The maximum absolute atomic E-state index is 5.15. The molecule has 1 aliphatic heterocycles. The molecule has 0 spiro atoms. The normalized spacial score (nSPS) is 12.4. The summed E-state index contributed by atoms with van der Waals surface area (Å²) in [6.45, 7) is 1.62. The zero-order chi connectivity index (χ0) is 34.4. The van der Waals surface area contributed by atoms with Crippen molar-refractivity contribution in [2.45, 2.75) is 13.1 Å². The topological polar surface area (TPSA) is 21.1 Å². The van der Waals surface area contributed by atoms with E-state index in [0.29, 0.717) is 0 Å². The molecule has 0 amide bonds. The largest absolute Gasteiger partial charge is 0.363 e. The van der Waals surface area contributed by atoms with Crippen molar-refractivity contribution < 1.29 is 0 Å². The molecule has 0 saturated heterocycles. The highest BCUT2D eigenvalue weighted by molar-refractivity contribution is 6.09. The van der Waals surface area contributed by atoms with Gasteiger partial charge < -0.3 is 9.47 Å². The van der Waals surface area contributed by atoms with Crippen molar-refractivity contribution in [2.75, 3.05) is 4.90 Å². The van der Waals surface area contributed by atoms with Crippen LogP contribution in [0.2, 0.25) is 0 Å². The summed E-state index contributed by atoms with van der Waals surface area (Å²) in [6.07, 6.45) is 0. The average molecular weight is 666 g/mol. The predicted octanol–water partition coefficient (Wildman–Crippen LogP) is 12.4. The zero-order valence-electron chi connectivity index (χ0n) is 28.7. The lowest BCUT2D eigenvalue weighted by molar-refractivity contribution is 0.812. The van der Waals surface area contributed by atoms with Crippen LogP contribution in [-0.2, 0) is 13.1 Å². The van der Waals surface area contributed by atoms with Crippen molar-refractivity contribution >= 4 is 27.5 Å². The van der Waals surface area contributed by atoms with Gasteiger partial charge in [-0.05, 0) is 88.0 Å². The van der Waals surface area contributed by atoms with Gasteiger partial charge in [0.25, 0.3) is 0 Å². The van der Waals surface area contributed by atoms with E-state index in [4.69, 9.17) is 4.98 Å². The molecule has 52 heavy (non-hydrogen) atoms. The quantitative estimate of drug-likeness (QED) is 0.182. The maximum atomic E-state index is 5.15. The first-order valence-corrected chi connectivity index (χ1v) is 17.9. The molecular formula is C49H35N3. The number of hydrogen-bond acceptors (Lipinski definition) is 2. The smallest absolute Gasteiger partial charge is 0.0715 e. The average Bonchev–Trinajstić information content (AvgIpc) is 3.46. The maximum Gasteiger partial charge on any atom is 0.0715 e. The number of hydrogen-bond donors (Lipinski definition) is 0. The van der Waals surface area contributed by atoms with Crippen LogP contribution in [0.25, 0.3) is 72.3 Å². The van der Waals surface area contributed by atoms with Crippen LogP contribution in [0.1, 0.15) is 11.1 Å². The van der Waals surface area contributed by atoms with Gasteiger partial charge in [0.05, 0.1) is 22.4 Å². The Labute approximate surface area is 303 Å². The van der Waals surface area contributed by atoms with Crippen LogP contribution in [0.4, 0.5) is 5.69 Å². The van der Waals surface area contributed by atoms with E-state index in [1.54, 1.807) is 0 Å². The molecule has 0 aliphatic carbocycles. The Morgan fingerprint density at radius 3 is 1.56 bits per heavy atom. The first kappa shape index (κ1) is 30.1. The van der Waals surface area contributed by atoms with Crippen molar-refractivity contribution in [3.63, 3.8) is 0 Å². The lowest BCUT2D eigenvalue weighted by Gasteiger charge is -2.24. The molecule has 9 aromatic rings. The Morgan fingerprint density at radius 1 is 0.365 bits per heavy atom. The molecule has 0 N–H and O–H groups in total. The number of fused-ring (bicyclic) bond motifs is 6. The van der Waals surface area contributed by atoms with E-state index < -0.39 is 0 Å². The van der Waals surface area contributed by atoms with Gasteiger partial charge in [0.15, 0.2) is 0 Å². The second-order valence-electron chi connectivity index (χ2n) is 13.6. The van der Waals surface area contributed by atoms with E-state index in [1.165, 1.54) is 61.0 Å². The first-order chi connectivity index (χ1) is 25.8. The fourth-order valence-electron chi connectivity index (χ4n) is 7.96. The van der Waals surface area contributed by atoms with Gasteiger partial charge in [0.1, 0.15) is 0 Å². The number of pyridine rings is 1. The van der Waals surface area contributed by atoms with Gasteiger partial charge in [-0.1, -0.05) is 133 Å². The summed E-state index contributed by atoms with van der Waals surface area (Å²) in [5, 5.41) is 2.55. The summed E-state index contributed by atoms with van der Waals surface area (Å²) in [5.74, 6) is 0. The molecule has 3 heterocycles. The molecule has 0 saturated carbocycles. The summed E-state index contributed by atoms with van der Waals surface area (Å²) in [5.41, 5.74) is 16.5. The van der Waals surface area contributed by atoms with E-state index in [9.17, 15) is 0 Å². The van der Waals surface area contributed by atoms with Crippen LogP contribution in [0, 0.1) is 0 Å². The number of aromatic nitrogens is 2. The van der Waals surface area contributed by atoms with E-state index in [0.717, 1.165) is 41.2 Å². The van der Waals surface area contributed by atoms with Crippen LogP contribution < -0.4 is 4.90 Å². The standard InChI is InChI=1S/C49H35N3/c1-4-14-34(15-5-1)46-29-38(30-47(50-46)35-16-6-2-7-17-35)36-25-27-42-39(28-36)33-51(40-18-8-3-9-19-40)32-37-24-26-41(31-45(37)42)52-48-22-12-10-20-43(48)44-21-11-13-23-49(44)52/h1-31H,32-33H2. The molecule has 10 rings (SSSR count).